The van der Waals surface area contributed by atoms with E-state index in [4.69, 9.17) is 56.5 Å². The molecule has 1 unspecified atom stereocenters. The van der Waals surface area contributed by atoms with Gasteiger partial charge in [0.15, 0.2) is 5.11 Å². The third kappa shape index (κ3) is 8.90. The molecule has 0 aliphatic heterocycles. The van der Waals surface area contributed by atoms with Gasteiger partial charge in [0.05, 0.1) is 19.9 Å². The number of thiocarbonyl (C=S) groups is 1. The van der Waals surface area contributed by atoms with Crippen LogP contribution in [0.15, 0.2) is 18.2 Å². The van der Waals surface area contributed by atoms with Gasteiger partial charge in [0.25, 0.3) is 0 Å². The topological polar surface area (TPSA) is 71.6 Å². The predicted molar refractivity (Wildman–Crippen MR) is 120 cm³/mol. The zero-order valence-corrected chi connectivity index (χ0v) is 19.2. The number of carbonyl (C=O) groups is 1. The van der Waals surface area contributed by atoms with Crippen molar-refractivity contribution in [3.05, 3.63) is 18.2 Å². The molecule has 0 heterocycles. The van der Waals surface area contributed by atoms with E-state index in [1.54, 1.807) is 25.3 Å². The number of ether oxygens (including phenoxy) is 2. The molecule has 0 saturated carbocycles. The number of benzene rings is 1. The Kier molecular flexibility index (Phi) is 11.0. The number of amides is 1. The first-order chi connectivity index (χ1) is 13.2. The maximum absolute atomic E-state index is 12.2. The lowest BCUT2D eigenvalue weighted by molar-refractivity contribution is -0.122. The fourth-order valence-corrected chi connectivity index (χ4v) is 2.90. The summed E-state index contributed by atoms with van der Waals surface area (Å²) in [4.78, 5) is 12.2. The second-order valence-electron chi connectivity index (χ2n) is 6.02. The Morgan fingerprint density at radius 1 is 1.14 bits per heavy atom. The molecule has 1 aromatic rings. The van der Waals surface area contributed by atoms with E-state index in [9.17, 15) is 4.79 Å². The molecule has 1 atom stereocenters. The Morgan fingerprint density at radius 3 is 2.43 bits per heavy atom. The van der Waals surface area contributed by atoms with Crippen molar-refractivity contribution in [2.75, 3.05) is 19.5 Å². The normalized spacial score (nSPS) is 12.1. The van der Waals surface area contributed by atoms with Crippen LogP contribution in [0.1, 0.15) is 39.0 Å². The Labute approximate surface area is 186 Å². The first-order valence-electron chi connectivity index (χ1n) is 8.86. The number of anilines is 1. The average molecular weight is 471 g/mol. The average Bonchev–Trinajstić information content (AvgIpc) is 2.63. The zero-order valence-electron chi connectivity index (χ0n) is 16.1. The highest BCUT2D eigenvalue weighted by atomic mass is 35.6. The first-order valence-corrected chi connectivity index (χ1v) is 10.4. The molecule has 10 heteroatoms. The lowest BCUT2D eigenvalue weighted by atomic mass is 10.1. The minimum atomic E-state index is -1.80. The van der Waals surface area contributed by atoms with Crippen LogP contribution in [0.4, 0.5) is 5.69 Å². The highest BCUT2D eigenvalue weighted by Gasteiger charge is 2.34. The molecule has 6 nitrogen and oxygen atoms in total. The molecule has 0 radical (unpaired) electrons. The van der Waals surface area contributed by atoms with Gasteiger partial charge in [-0.05, 0) is 30.8 Å². The van der Waals surface area contributed by atoms with Crippen LogP contribution in [-0.2, 0) is 4.79 Å². The van der Waals surface area contributed by atoms with E-state index in [0.717, 1.165) is 25.7 Å². The molecule has 0 aliphatic carbocycles. The van der Waals surface area contributed by atoms with Crippen LogP contribution in [-0.4, -0.2) is 35.2 Å². The third-order valence-electron chi connectivity index (χ3n) is 3.82. The van der Waals surface area contributed by atoms with Crippen molar-refractivity contribution >= 4 is 63.7 Å². The number of alkyl halides is 3. The fourth-order valence-electron chi connectivity index (χ4n) is 2.35. The smallest absolute Gasteiger partial charge is 0.228 e. The van der Waals surface area contributed by atoms with Crippen LogP contribution >= 0.6 is 47.0 Å². The Morgan fingerprint density at radius 2 is 1.86 bits per heavy atom. The molecule has 158 valence electrons. The maximum atomic E-state index is 12.2. The Balaban J connectivity index is 2.74. The molecule has 0 spiro atoms. The van der Waals surface area contributed by atoms with Crippen molar-refractivity contribution in [3.8, 4) is 11.5 Å². The first kappa shape index (κ1) is 24.9. The second-order valence-corrected chi connectivity index (χ2v) is 8.79. The highest BCUT2D eigenvalue weighted by molar-refractivity contribution is 7.80. The summed E-state index contributed by atoms with van der Waals surface area (Å²) in [5.74, 6) is 0.946. The molecule has 1 amide bonds. The third-order valence-corrected chi connectivity index (χ3v) is 4.69. The van der Waals surface area contributed by atoms with Crippen LogP contribution < -0.4 is 25.4 Å². The molecule has 0 bridgehead atoms. The van der Waals surface area contributed by atoms with E-state index >= 15 is 0 Å². The number of halogens is 3. The van der Waals surface area contributed by atoms with Crippen LogP contribution in [0.3, 0.4) is 0 Å². The quantitative estimate of drug-likeness (QED) is 0.198. The summed E-state index contributed by atoms with van der Waals surface area (Å²) in [6.07, 6.45) is 3.26. The summed E-state index contributed by atoms with van der Waals surface area (Å²) < 4.78 is 8.69. The monoisotopic (exact) mass is 469 g/mol. The van der Waals surface area contributed by atoms with E-state index in [0.29, 0.717) is 23.6 Å². The molecule has 0 aliphatic rings. The van der Waals surface area contributed by atoms with Crippen LogP contribution in [0.5, 0.6) is 11.5 Å². The minimum Gasteiger partial charge on any atom is -0.497 e. The van der Waals surface area contributed by atoms with E-state index in [2.05, 4.69) is 22.9 Å². The van der Waals surface area contributed by atoms with Crippen LogP contribution in [0, 0.1) is 0 Å². The van der Waals surface area contributed by atoms with Crippen molar-refractivity contribution in [2.24, 2.45) is 0 Å². The molecule has 28 heavy (non-hydrogen) atoms. The highest BCUT2D eigenvalue weighted by Crippen LogP contribution is 2.31. The maximum Gasteiger partial charge on any atom is 0.228 e. The van der Waals surface area contributed by atoms with Gasteiger partial charge in [0.1, 0.15) is 17.7 Å². The number of unbranched alkanes of at least 4 members (excludes halogenated alkanes) is 3. The molecular weight excluding hydrogens is 445 g/mol. The molecule has 0 aromatic heterocycles. The zero-order chi connectivity index (χ0) is 21.2. The number of carbonyl (C=O) groups excluding carboxylic acids is 1. The minimum absolute atomic E-state index is 0.147. The largest absolute Gasteiger partial charge is 0.497 e. The molecule has 3 N–H and O–H groups in total. The summed E-state index contributed by atoms with van der Waals surface area (Å²) >= 11 is 23.3. The Hall–Kier alpha value is -1.15. The second kappa shape index (κ2) is 12.4. The molecule has 0 saturated heterocycles. The summed E-state index contributed by atoms with van der Waals surface area (Å²) in [5, 5.41) is 8.60. The van der Waals surface area contributed by atoms with Crippen LogP contribution in [0.2, 0.25) is 0 Å². The summed E-state index contributed by atoms with van der Waals surface area (Å²) in [5.41, 5.74) is 0.563. The van der Waals surface area contributed by atoms with Gasteiger partial charge in [-0.15, -0.1) is 0 Å². The van der Waals surface area contributed by atoms with E-state index in [1.807, 2.05) is 0 Å². The van der Waals surface area contributed by atoms with Gasteiger partial charge < -0.3 is 25.4 Å². The number of methoxy groups -OCH3 is 2. The van der Waals surface area contributed by atoms with Crippen molar-refractivity contribution in [1.29, 1.82) is 0 Å². The summed E-state index contributed by atoms with van der Waals surface area (Å²) in [7, 11) is 3.09. The number of hydrogen-bond donors (Lipinski definition) is 3. The molecule has 1 rings (SSSR count). The van der Waals surface area contributed by atoms with Gasteiger partial charge in [0, 0.05) is 12.5 Å². The summed E-state index contributed by atoms with van der Waals surface area (Å²) in [6.45, 7) is 2.11. The number of rotatable bonds is 10. The Bertz CT molecular complexity index is 657. The van der Waals surface area contributed by atoms with Gasteiger partial charge in [-0.2, -0.15) is 0 Å². The van der Waals surface area contributed by atoms with E-state index in [-0.39, 0.29) is 11.0 Å². The van der Waals surface area contributed by atoms with Crippen LogP contribution in [0.25, 0.3) is 0 Å². The number of nitrogens with one attached hydrogen (secondary N) is 3. The molecular formula is C18H26Cl3N3O3S. The summed E-state index contributed by atoms with van der Waals surface area (Å²) in [6, 6.07) is 5.20. The van der Waals surface area contributed by atoms with Gasteiger partial charge in [0.2, 0.25) is 9.70 Å². The van der Waals surface area contributed by atoms with Crippen molar-refractivity contribution in [1.82, 2.24) is 10.6 Å². The number of hydrogen-bond acceptors (Lipinski definition) is 4. The fraction of sp³-hybridized carbons (Fsp3) is 0.556. The van der Waals surface area contributed by atoms with Gasteiger partial charge in [-0.1, -0.05) is 61.0 Å². The lowest BCUT2D eigenvalue weighted by Gasteiger charge is -2.28. The van der Waals surface area contributed by atoms with Crippen molar-refractivity contribution in [3.63, 3.8) is 0 Å². The lowest BCUT2D eigenvalue weighted by Crippen LogP contribution is -2.56. The van der Waals surface area contributed by atoms with Gasteiger partial charge in [-0.25, -0.2) is 0 Å². The molecule has 1 aromatic carbocycles. The van der Waals surface area contributed by atoms with Gasteiger partial charge >= 0.3 is 0 Å². The van der Waals surface area contributed by atoms with E-state index in [1.165, 1.54) is 7.11 Å². The molecule has 0 fully saturated rings. The van der Waals surface area contributed by atoms with Crippen molar-refractivity contribution in [2.45, 2.75) is 49.0 Å². The van der Waals surface area contributed by atoms with Crippen molar-refractivity contribution < 1.29 is 14.3 Å². The predicted octanol–water partition coefficient (Wildman–Crippen LogP) is 4.77. The van der Waals surface area contributed by atoms with Gasteiger partial charge in [-0.3, -0.25) is 4.79 Å². The SMILES string of the molecule is CCCCCCC(=O)NC(NC(=S)Nc1cc(OC)ccc1OC)C(Cl)(Cl)Cl. The standard InChI is InChI=1S/C18H26Cl3N3O3S/c1-4-5-6-7-8-15(25)23-16(18(19,20)21)24-17(28)22-13-11-12(26-2)9-10-14(13)27-3/h9-11,16H,4-8H2,1-3H3,(H,23,25)(H2,22,24,28). The van der Waals surface area contributed by atoms with E-state index < -0.39 is 9.96 Å².